The number of imidazole rings is 1. The second kappa shape index (κ2) is 16.0. The highest BCUT2D eigenvalue weighted by molar-refractivity contribution is 6.08. The van der Waals surface area contributed by atoms with E-state index in [9.17, 15) is 14.7 Å². The molecule has 2 saturated heterocycles. The average Bonchev–Trinajstić information content (AvgIpc) is 3.96. The van der Waals surface area contributed by atoms with Crippen LogP contribution < -0.4 is 20.1 Å². The molecule has 2 aromatic heterocycles. The lowest BCUT2D eigenvalue weighted by Crippen LogP contribution is -2.48. The van der Waals surface area contributed by atoms with Crippen LogP contribution in [0.2, 0.25) is 0 Å². The van der Waals surface area contributed by atoms with E-state index in [1.165, 1.54) is 6.33 Å². The number of nitrogens with one attached hydrogen (secondary N) is 2. The van der Waals surface area contributed by atoms with Gasteiger partial charge in [-0.25, -0.2) is 4.98 Å². The fourth-order valence-corrected chi connectivity index (χ4v) is 7.82. The molecule has 2 amide bonds. The number of aliphatic hydroxyl groups excluding tert-OH is 1. The van der Waals surface area contributed by atoms with Crippen molar-refractivity contribution >= 4 is 34.7 Å². The Bertz CT molecular complexity index is 2580. The number of anilines is 2. The van der Waals surface area contributed by atoms with Gasteiger partial charge in [-0.15, -0.1) is 0 Å². The van der Waals surface area contributed by atoms with Crippen molar-refractivity contribution in [2.75, 3.05) is 38.1 Å². The van der Waals surface area contributed by atoms with Crippen molar-refractivity contribution in [3.05, 3.63) is 174 Å². The van der Waals surface area contributed by atoms with Crippen LogP contribution in [0.3, 0.4) is 0 Å². The number of aromatic nitrogens is 4. The van der Waals surface area contributed by atoms with Gasteiger partial charge in [-0.3, -0.25) is 19.5 Å². The maximum atomic E-state index is 13.4. The Hall–Kier alpha value is -6.97. The number of methoxy groups -OCH3 is 2. The van der Waals surface area contributed by atoms with Gasteiger partial charge < -0.3 is 34.1 Å². The van der Waals surface area contributed by atoms with Crippen LogP contribution in [-0.2, 0) is 19.8 Å². The van der Waals surface area contributed by atoms with Crippen molar-refractivity contribution in [3.63, 3.8) is 0 Å². The molecule has 9 rings (SSSR count). The second-order valence-corrected chi connectivity index (χ2v) is 14.4. The molecular weight excluding hydrogens is 765 g/mol. The third-order valence-electron chi connectivity index (χ3n) is 10.9. The summed E-state index contributed by atoms with van der Waals surface area (Å²) in [5, 5.41) is 17.6. The van der Waals surface area contributed by atoms with Crippen molar-refractivity contribution < 1.29 is 38.4 Å². The molecule has 2 aliphatic rings. The summed E-state index contributed by atoms with van der Waals surface area (Å²) in [5.74, 6) is 0.442. The minimum Gasteiger partial charge on any atom is -0.497 e. The predicted octanol–water partition coefficient (Wildman–Crippen LogP) is 6.38. The summed E-state index contributed by atoms with van der Waals surface area (Å²) in [6.07, 6.45) is -1.46. The van der Waals surface area contributed by atoms with Gasteiger partial charge >= 0.3 is 0 Å². The summed E-state index contributed by atoms with van der Waals surface area (Å²) >= 11 is 0. The number of hydrogen-bond acceptors (Lipinski definition) is 11. The van der Waals surface area contributed by atoms with Crippen LogP contribution in [-0.4, -0.2) is 81.7 Å². The Labute approximate surface area is 344 Å². The minimum absolute atomic E-state index is 0.0316. The van der Waals surface area contributed by atoms with Crippen LogP contribution in [0.15, 0.2) is 146 Å². The molecule has 2 fully saturated rings. The van der Waals surface area contributed by atoms with E-state index in [1.54, 1.807) is 73.4 Å². The second-order valence-electron chi connectivity index (χ2n) is 14.4. The predicted molar refractivity (Wildman–Crippen MR) is 221 cm³/mol. The molecule has 3 N–H and O–H groups in total. The first-order valence-corrected chi connectivity index (χ1v) is 19.3. The fraction of sp³-hybridized carbons (Fsp3) is 0.196. The van der Waals surface area contributed by atoms with Crippen molar-refractivity contribution in [1.82, 2.24) is 19.5 Å². The Morgan fingerprint density at radius 3 is 1.85 bits per heavy atom. The molecule has 0 unspecified atom stereocenters. The van der Waals surface area contributed by atoms with Crippen LogP contribution in [0.4, 0.5) is 11.8 Å². The molecule has 5 aromatic carbocycles. The van der Waals surface area contributed by atoms with Crippen molar-refractivity contribution in [3.8, 4) is 11.5 Å². The molecule has 2 bridgehead atoms. The molecule has 2 aliphatic heterocycles. The molecule has 0 radical (unpaired) electrons. The zero-order chi connectivity index (χ0) is 41.3. The zero-order valence-corrected chi connectivity index (χ0v) is 32.6. The number of fused-ring (bicyclic) bond motifs is 3. The smallest absolute Gasteiger partial charge is 0.258 e. The molecule has 0 aliphatic carbocycles. The van der Waals surface area contributed by atoms with E-state index in [1.807, 2.05) is 84.9 Å². The molecule has 7 aromatic rings. The average molecular weight is 805 g/mol. The highest BCUT2D eigenvalue weighted by Gasteiger charge is 2.63. The van der Waals surface area contributed by atoms with Crippen LogP contribution >= 0.6 is 0 Å². The molecule has 0 spiro atoms. The lowest BCUT2D eigenvalue weighted by atomic mass is 9.79. The van der Waals surface area contributed by atoms with Crippen LogP contribution in [0, 0.1) is 0 Å². The molecule has 60 heavy (non-hydrogen) atoms. The summed E-state index contributed by atoms with van der Waals surface area (Å²) in [7, 11) is 3.23. The minimum atomic E-state index is -1.34. The third kappa shape index (κ3) is 6.90. The Kier molecular flexibility index (Phi) is 10.3. The molecule has 0 saturated carbocycles. The monoisotopic (exact) mass is 804 g/mol. The number of carbonyl (C=O) groups is 2. The Balaban J connectivity index is 1.08. The largest absolute Gasteiger partial charge is 0.497 e. The van der Waals surface area contributed by atoms with E-state index in [-0.39, 0.29) is 36.1 Å². The fourth-order valence-electron chi connectivity index (χ4n) is 7.82. The SMILES string of the molecule is COc1ccc(C(OC[C@@]23CO[C@@H]([C@H](n4cnc5c(NC(=O)c6ccccc6)nc(NC(=O)c6ccccc6)nc54)O2)[C@@H]3O)(c2ccccc2)c2ccc(OC)cc2)cc1. The molecule has 14 nitrogen and oxygen atoms in total. The number of aliphatic hydroxyl groups is 1. The van der Waals surface area contributed by atoms with Gasteiger partial charge in [0.2, 0.25) is 5.95 Å². The third-order valence-corrected chi connectivity index (χ3v) is 10.9. The molecule has 4 atom stereocenters. The first-order chi connectivity index (χ1) is 29.3. The number of carbonyl (C=O) groups excluding carboxylic acids is 2. The standard InChI is InChI=1S/C46H40N6O8/c1-56-34-22-18-32(19-23-34)46(31-16-10-5-11-17-31,33-20-24-35(57-2)25-21-33)59-27-45-26-58-37(38(45)53)43(60-45)52-28-47-36-39(48-41(54)29-12-6-3-7-13-29)49-44(50-40(36)52)51-42(55)30-14-8-4-9-15-30/h3-25,28,37-38,43,53H,26-27H2,1-2H3,(H2,48,49,50,51,54,55)/t37-,38+,43-,45-/m1/s1. The van der Waals surface area contributed by atoms with Crippen molar-refractivity contribution in [2.24, 2.45) is 0 Å². The van der Waals surface area contributed by atoms with Crippen molar-refractivity contribution in [2.45, 2.75) is 29.6 Å². The van der Waals surface area contributed by atoms with Gasteiger partial charge in [0.1, 0.15) is 34.9 Å². The molecule has 14 heteroatoms. The maximum absolute atomic E-state index is 13.4. The van der Waals surface area contributed by atoms with E-state index < -0.39 is 41.5 Å². The van der Waals surface area contributed by atoms with E-state index in [2.05, 4.69) is 25.6 Å². The number of hydrogen-bond donors (Lipinski definition) is 3. The van der Waals surface area contributed by atoms with Gasteiger partial charge in [-0.05, 0) is 65.2 Å². The van der Waals surface area contributed by atoms with Gasteiger partial charge in [0, 0.05) is 11.1 Å². The Morgan fingerprint density at radius 2 is 1.28 bits per heavy atom. The van der Waals surface area contributed by atoms with E-state index in [4.69, 9.17) is 23.7 Å². The lowest BCUT2D eigenvalue weighted by molar-refractivity contribution is -0.202. The lowest BCUT2D eigenvalue weighted by Gasteiger charge is -2.39. The van der Waals surface area contributed by atoms with Gasteiger partial charge in [0.25, 0.3) is 11.8 Å². The summed E-state index contributed by atoms with van der Waals surface area (Å²) in [6, 6.07) is 42.4. The Morgan fingerprint density at radius 1 is 0.750 bits per heavy atom. The van der Waals surface area contributed by atoms with Crippen molar-refractivity contribution in [1.29, 1.82) is 0 Å². The van der Waals surface area contributed by atoms with Crippen LogP contribution in [0.1, 0.15) is 43.6 Å². The van der Waals surface area contributed by atoms with Crippen LogP contribution in [0.25, 0.3) is 11.2 Å². The number of benzene rings is 5. The van der Waals surface area contributed by atoms with E-state index in [0.29, 0.717) is 22.6 Å². The van der Waals surface area contributed by atoms with Gasteiger partial charge in [0.05, 0.1) is 33.8 Å². The summed E-state index contributed by atoms with van der Waals surface area (Å²) in [6.45, 7) is -0.0731. The number of ether oxygens (including phenoxy) is 5. The maximum Gasteiger partial charge on any atom is 0.258 e. The molecule has 302 valence electrons. The van der Waals surface area contributed by atoms with Gasteiger partial charge in [0.15, 0.2) is 23.2 Å². The number of nitrogens with zero attached hydrogens (tertiary/aromatic N) is 4. The van der Waals surface area contributed by atoms with E-state index >= 15 is 0 Å². The summed E-state index contributed by atoms with van der Waals surface area (Å²) in [4.78, 5) is 40.5. The van der Waals surface area contributed by atoms with E-state index in [0.717, 1.165) is 16.7 Å². The zero-order valence-electron chi connectivity index (χ0n) is 32.6. The van der Waals surface area contributed by atoms with Gasteiger partial charge in [-0.2, -0.15) is 9.97 Å². The summed E-state index contributed by atoms with van der Waals surface area (Å²) < 4.78 is 32.9. The highest BCUT2D eigenvalue weighted by atomic mass is 16.7. The normalized spacial score (nSPS) is 19.6. The van der Waals surface area contributed by atoms with Crippen LogP contribution in [0.5, 0.6) is 11.5 Å². The molecule has 4 heterocycles. The quantitative estimate of drug-likeness (QED) is 0.111. The summed E-state index contributed by atoms with van der Waals surface area (Å²) in [5.41, 5.74) is 1.14. The van der Waals surface area contributed by atoms with Gasteiger partial charge in [-0.1, -0.05) is 91.0 Å². The first-order valence-electron chi connectivity index (χ1n) is 19.3. The topological polar surface area (TPSA) is 168 Å². The number of amides is 2. The number of rotatable bonds is 13. The molecular formula is C46H40N6O8. The highest BCUT2D eigenvalue weighted by Crippen LogP contribution is 2.49. The first kappa shape index (κ1) is 38.5.